The molecule has 1 aromatic carbocycles. The van der Waals surface area contributed by atoms with Crippen molar-refractivity contribution in [3.05, 3.63) is 41.0 Å². The lowest BCUT2D eigenvalue weighted by Gasteiger charge is -1.98. The maximum atomic E-state index is 11.6. The predicted octanol–water partition coefficient (Wildman–Crippen LogP) is 2.57. The Kier molecular flexibility index (Phi) is 1.94. The number of fused-ring (bicyclic) bond motifs is 1. The molecular weight excluding hydrogens is 174 g/mol. The Balaban J connectivity index is 2.68. The van der Waals surface area contributed by atoms with Crippen LogP contribution in [0.2, 0.25) is 0 Å². The van der Waals surface area contributed by atoms with E-state index in [9.17, 15) is 4.79 Å². The highest BCUT2D eigenvalue weighted by Gasteiger charge is 2.24. The summed E-state index contributed by atoms with van der Waals surface area (Å²) < 4.78 is 0. The van der Waals surface area contributed by atoms with Crippen LogP contribution in [0.1, 0.15) is 29.3 Å². The van der Waals surface area contributed by atoms with E-state index in [1.807, 2.05) is 24.3 Å². The van der Waals surface area contributed by atoms with Crippen molar-refractivity contribution in [2.24, 2.45) is 0 Å². The summed E-state index contributed by atoms with van der Waals surface area (Å²) in [5, 5.41) is 8.79. The summed E-state index contributed by atoms with van der Waals surface area (Å²) in [6, 6.07) is 9.55. The lowest BCUT2D eigenvalue weighted by molar-refractivity contribution is 0.100. The molecule has 0 spiro atoms. The predicted molar refractivity (Wildman–Crippen MR) is 53.6 cm³/mol. The van der Waals surface area contributed by atoms with Gasteiger partial charge in [-0.25, -0.2) is 0 Å². The lowest BCUT2D eigenvalue weighted by atomic mass is 10.0. The second kappa shape index (κ2) is 3.12. The molecule has 68 valence electrons. The van der Waals surface area contributed by atoms with Gasteiger partial charge in [-0.15, -0.1) is 0 Å². The number of ketones is 1. The van der Waals surface area contributed by atoms with Crippen molar-refractivity contribution in [3.8, 4) is 6.07 Å². The fraction of sp³-hybridized carbons (Fsp3) is 0.167. The van der Waals surface area contributed by atoms with Crippen molar-refractivity contribution in [2.45, 2.75) is 13.3 Å². The Bertz CT molecular complexity index is 477. The molecule has 0 amide bonds. The quantitative estimate of drug-likeness (QED) is 0.580. The number of allylic oxidation sites excluding steroid dienone is 2. The zero-order chi connectivity index (χ0) is 10.1. The largest absolute Gasteiger partial charge is 0.294 e. The van der Waals surface area contributed by atoms with Crippen LogP contribution in [0.5, 0.6) is 0 Å². The number of hydrogen-bond donors (Lipinski definition) is 0. The summed E-state index contributed by atoms with van der Waals surface area (Å²) in [4.78, 5) is 11.6. The van der Waals surface area contributed by atoms with E-state index in [1.54, 1.807) is 6.92 Å². The van der Waals surface area contributed by atoms with Gasteiger partial charge < -0.3 is 0 Å². The van der Waals surface area contributed by atoms with Gasteiger partial charge in [0.1, 0.15) is 0 Å². The minimum Gasteiger partial charge on any atom is -0.294 e. The number of benzene rings is 1. The molecule has 0 bridgehead atoms. The number of hydrogen-bond acceptors (Lipinski definition) is 2. The SMILES string of the molecule is C/C(C#N)=C1\CC(=O)c2ccccc21. The highest BCUT2D eigenvalue weighted by molar-refractivity contribution is 6.12. The van der Waals surface area contributed by atoms with Crippen LogP contribution in [-0.2, 0) is 0 Å². The van der Waals surface area contributed by atoms with Crippen LogP contribution in [0.25, 0.3) is 5.57 Å². The molecule has 14 heavy (non-hydrogen) atoms. The van der Waals surface area contributed by atoms with Crippen molar-refractivity contribution in [1.82, 2.24) is 0 Å². The van der Waals surface area contributed by atoms with Crippen molar-refractivity contribution in [2.75, 3.05) is 0 Å². The third kappa shape index (κ3) is 1.14. The minimum atomic E-state index is 0.116. The van der Waals surface area contributed by atoms with Crippen LogP contribution < -0.4 is 0 Å². The zero-order valence-corrected chi connectivity index (χ0v) is 7.87. The van der Waals surface area contributed by atoms with Crippen LogP contribution in [0.4, 0.5) is 0 Å². The van der Waals surface area contributed by atoms with E-state index in [0.717, 1.165) is 16.7 Å². The van der Waals surface area contributed by atoms with Gasteiger partial charge in [0.15, 0.2) is 5.78 Å². The Morgan fingerprint density at radius 1 is 1.36 bits per heavy atom. The standard InChI is InChI=1S/C12H9NO/c1-8(7-13)11-6-12(14)10-5-3-2-4-9(10)11/h2-5H,6H2,1H3/b11-8-. The number of nitrogens with zero attached hydrogens (tertiary/aromatic N) is 1. The molecule has 0 fully saturated rings. The summed E-state index contributed by atoms with van der Waals surface area (Å²) >= 11 is 0. The van der Waals surface area contributed by atoms with Crippen LogP contribution in [0.15, 0.2) is 29.8 Å². The molecule has 0 heterocycles. The van der Waals surface area contributed by atoms with Gasteiger partial charge in [0.2, 0.25) is 0 Å². The van der Waals surface area contributed by atoms with Crippen molar-refractivity contribution < 1.29 is 4.79 Å². The zero-order valence-electron chi connectivity index (χ0n) is 7.87. The molecule has 0 saturated heterocycles. The molecule has 2 heteroatoms. The van der Waals surface area contributed by atoms with E-state index in [2.05, 4.69) is 6.07 Å². The maximum Gasteiger partial charge on any atom is 0.167 e. The topological polar surface area (TPSA) is 40.9 Å². The first-order valence-corrected chi connectivity index (χ1v) is 4.46. The second-order valence-corrected chi connectivity index (χ2v) is 3.36. The first-order chi connectivity index (χ1) is 6.74. The molecule has 0 saturated carbocycles. The summed E-state index contributed by atoms with van der Waals surface area (Å²) in [5.41, 5.74) is 3.20. The van der Waals surface area contributed by atoms with Crippen molar-refractivity contribution in [1.29, 1.82) is 5.26 Å². The van der Waals surface area contributed by atoms with Gasteiger partial charge in [-0.05, 0) is 18.1 Å². The number of nitriles is 1. The average molecular weight is 183 g/mol. The molecule has 0 aliphatic heterocycles. The molecule has 1 aliphatic carbocycles. The van der Waals surface area contributed by atoms with E-state index >= 15 is 0 Å². The second-order valence-electron chi connectivity index (χ2n) is 3.36. The van der Waals surface area contributed by atoms with Gasteiger partial charge >= 0.3 is 0 Å². The monoisotopic (exact) mass is 183 g/mol. The number of Topliss-reactive ketones (excluding diaryl/α,β-unsaturated/α-hetero) is 1. The summed E-state index contributed by atoms with van der Waals surface area (Å²) in [6.45, 7) is 1.75. The van der Waals surface area contributed by atoms with E-state index in [1.165, 1.54) is 0 Å². The Morgan fingerprint density at radius 3 is 2.64 bits per heavy atom. The van der Waals surface area contributed by atoms with Gasteiger partial charge in [-0.2, -0.15) is 5.26 Å². The third-order valence-corrected chi connectivity index (χ3v) is 2.51. The molecule has 1 aromatic rings. The summed E-state index contributed by atoms with van der Waals surface area (Å²) in [5.74, 6) is 0.116. The van der Waals surface area contributed by atoms with Crippen LogP contribution in [0, 0.1) is 11.3 Å². The van der Waals surface area contributed by atoms with Crippen LogP contribution in [-0.4, -0.2) is 5.78 Å². The number of rotatable bonds is 0. The normalized spacial score (nSPS) is 17.6. The number of carbonyl (C=O) groups excluding carboxylic acids is 1. The molecule has 0 aromatic heterocycles. The first kappa shape index (κ1) is 8.71. The van der Waals surface area contributed by atoms with E-state index in [4.69, 9.17) is 5.26 Å². The lowest BCUT2D eigenvalue weighted by Crippen LogP contribution is -1.88. The Hall–Kier alpha value is -1.88. The van der Waals surface area contributed by atoms with Crippen LogP contribution in [0.3, 0.4) is 0 Å². The minimum absolute atomic E-state index is 0.116. The molecular formula is C12H9NO. The fourth-order valence-electron chi connectivity index (χ4n) is 1.74. The van der Waals surface area contributed by atoms with E-state index < -0.39 is 0 Å². The first-order valence-electron chi connectivity index (χ1n) is 4.46. The molecule has 0 unspecified atom stereocenters. The molecule has 0 atom stereocenters. The highest BCUT2D eigenvalue weighted by atomic mass is 16.1. The average Bonchev–Trinajstić information content (AvgIpc) is 2.56. The van der Waals surface area contributed by atoms with Crippen molar-refractivity contribution in [3.63, 3.8) is 0 Å². The van der Waals surface area contributed by atoms with E-state index in [-0.39, 0.29) is 5.78 Å². The Labute approximate surface area is 82.5 Å². The molecule has 1 aliphatic rings. The van der Waals surface area contributed by atoms with Crippen LogP contribution >= 0.6 is 0 Å². The molecule has 0 radical (unpaired) electrons. The van der Waals surface area contributed by atoms with Gasteiger partial charge in [-0.3, -0.25) is 4.79 Å². The van der Waals surface area contributed by atoms with Gasteiger partial charge in [0, 0.05) is 17.6 Å². The van der Waals surface area contributed by atoms with E-state index in [0.29, 0.717) is 12.0 Å². The molecule has 2 nitrogen and oxygen atoms in total. The third-order valence-electron chi connectivity index (χ3n) is 2.51. The molecule has 0 N–H and O–H groups in total. The van der Waals surface area contributed by atoms with Crippen molar-refractivity contribution >= 4 is 11.4 Å². The van der Waals surface area contributed by atoms with Gasteiger partial charge in [0.25, 0.3) is 0 Å². The molecule has 2 rings (SSSR count). The smallest absolute Gasteiger partial charge is 0.167 e. The highest BCUT2D eigenvalue weighted by Crippen LogP contribution is 2.33. The summed E-state index contributed by atoms with van der Waals surface area (Å²) in [6.07, 6.45) is 0.374. The van der Waals surface area contributed by atoms with Gasteiger partial charge in [-0.1, -0.05) is 24.3 Å². The maximum absolute atomic E-state index is 11.6. The Morgan fingerprint density at radius 2 is 2.00 bits per heavy atom. The number of carbonyl (C=O) groups is 1. The van der Waals surface area contributed by atoms with Gasteiger partial charge in [0.05, 0.1) is 6.07 Å². The fourth-order valence-corrected chi connectivity index (χ4v) is 1.74. The summed E-state index contributed by atoms with van der Waals surface area (Å²) in [7, 11) is 0.